The Morgan fingerprint density at radius 1 is 1.12 bits per heavy atom. The van der Waals surface area contributed by atoms with Gasteiger partial charge < -0.3 is 19.6 Å². The zero-order chi connectivity index (χ0) is 18.0. The van der Waals surface area contributed by atoms with Crippen LogP contribution in [0.4, 0.5) is 8.78 Å². The first kappa shape index (κ1) is 18.1. The summed E-state index contributed by atoms with van der Waals surface area (Å²) in [7, 11) is 1.18. The second-order valence-corrected chi connectivity index (χ2v) is 6.73. The van der Waals surface area contributed by atoms with Gasteiger partial charge in [-0.1, -0.05) is 0 Å². The number of halogens is 2. The van der Waals surface area contributed by atoms with E-state index >= 15 is 0 Å². The van der Waals surface area contributed by atoms with Crippen molar-refractivity contribution >= 4 is 5.91 Å². The van der Waals surface area contributed by atoms with Crippen molar-refractivity contribution in [3.05, 3.63) is 29.3 Å². The molecule has 1 N–H and O–H groups in total. The number of carbonyl (C=O) groups excluding carboxylic acids is 1. The zero-order valence-electron chi connectivity index (χ0n) is 14.4. The van der Waals surface area contributed by atoms with Gasteiger partial charge in [-0.3, -0.25) is 4.79 Å². The molecule has 1 aromatic carbocycles. The molecule has 7 heteroatoms. The molecular formula is C18H24F2N2O3. The summed E-state index contributed by atoms with van der Waals surface area (Å²) in [5, 5.41) is 9.60. The topological polar surface area (TPSA) is 53.0 Å². The van der Waals surface area contributed by atoms with Crippen molar-refractivity contribution in [2.75, 3.05) is 33.3 Å². The number of benzene rings is 1. The summed E-state index contributed by atoms with van der Waals surface area (Å²) < 4.78 is 32.5. The highest BCUT2D eigenvalue weighted by Gasteiger charge is 2.31. The minimum absolute atomic E-state index is 0.155. The molecule has 2 heterocycles. The third-order valence-corrected chi connectivity index (χ3v) is 5.25. The number of rotatable bonds is 3. The minimum atomic E-state index is -0.945. The molecule has 0 unspecified atom stereocenters. The van der Waals surface area contributed by atoms with Crippen LogP contribution >= 0.6 is 0 Å². The molecule has 3 rings (SSSR count). The predicted octanol–water partition coefficient (Wildman–Crippen LogP) is 2.03. The largest absolute Gasteiger partial charge is 0.491 e. The fourth-order valence-corrected chi connectivity index (χ4v) is 3.74. The first-order chi connectivity index (χ1) is 12.0. The Bertz CT molecular complexity index is 625. The highest BCUT2D eigenvalue weighted by atomic mass is 19.1. The van der Waals surface area contributed by atoms with Crippen molar-refractivity contribution in [1.82, 2.24) is 9.80 Å². The Morgan fingerprint density at radius 3 is 2.36 bits per heavy atom. The van der Waals surface area contributed by atoms with Gasteiger partial charge in [0.15, 0.2) is 17.4 Å². The van der Waals surface area contributed by atoms with Gasteiger partial charge in [0.25, 0.3) is 5.91 Å². The molecule has 5 nitrogen and oxygen atoms in total. The maximum Gasteiger partial charge on any atom is 0.256 e. The Balaban J connectivity index is 1.62. The molecule has 25 heavy (non-hydrogen) atoms. The number of hydrogen-bond donors (Lipinski definition) is 1. The van der Waals surface area contributed by atoms with E-state index in [9.17, 15) is 18.7 Å². The second-order valence-electron chi connectivity index (χ2n) is 6.73. The maximum absolute atomic E-state index is 14.3. The third kappa shape index (κ3) is 3.77. The quantitative estimate of drug-likeness (QED) is 0.903. The molecule has 1 amide bonds. The second kappa shape index (κ2) is 7.66. The monoisotopic (exact) mass is 354 g/mol. The number of hydrogen-bond acceptors (Lipinski definition) is 4. The lowest BCUT2D eigenvalue weighted by Gasteiger charge is -2.41. The molecule has 1 aromatic rings. The molecule has 2 aliphatic heterocycles. The van der Waals surface area contributed by atoms with Gasteiger partial charge in [-0.25, -0.2) is 8.78 Å². The smallest absolute Gasteiger partial charge is 0.256 e. The molecule has 138 valence electrons. The Hall–Kier alpha value is -1.73. The number of aliphatic hydroxyl groups is 1. The normalized spacial score (nSPS) is 20.7. The maximum atomic E-state index is 14.3. The number of aliphatic hydroxyl groups excluding tert-OH is 1. The van der Waals surface area contributed by atoms with Crippen molar-refractivity contribution in [3.8, 4) is 5.75 Å². The fraction of sp³-hybridized carbons (Fsp3) is 0.611. The molecule has 2 fully saturated rings. The van der Waals surface area contributed by atoms with E-state index in [0.29, 0.717) is 19.1 Å². The van der Waals surface area contributed by atoms with Crippen LogP contribution in [0.5, 0.6) is 5.75 Å². The molecule has 0 aliphatic carbocycles. The fourth-order valence-electron chi connectivity index (χ4n) is 3.74. The van der Waals surface area contributed by atoms with Crippen LogP contribution < -0.4 is 4.74 Å². The molecule has 2 aliphatic rings. The van der Waals surface area contributed by atoms with Crippen LogP contribution in [-0.4, -0.2) is 66.2 Å². The molecular weight excluding hydrogens is 330 g/mol. The third-order valence-electron chi connectivity index (χ3n) is 5.25. The van der Waals surface area contributed by atoms with E-state index in [4.69, 9.17) is 4.74 Å². The number of methoxy groups -OCH3 is 1. The minimum Gasteiger partial charge on any atom is -0.491 e. The van der Waals surface area contributed by atoms with Gasteiger partial charge >= 0.3 is 0 Å². The van der Waals surface area contributed by atoms with Gasteiger partial charge in [0.2, 0.25) is 0 Å². The van der Waals surface area contributed by atoms with Crippen LogP contribution in [0.25, 0.3) is 0 Å². The van der Waals surface area contributed by atoms with E-state index in [1.165, 1.54) is 13.2 Å². The number of carbonyl (C=O) groups is 1. The van der Waals surface area contributed by atoms with E-state index in [1.54, 1.807) is 4.90 Å². The van der Waals surface area contributed by atoms with Crippen molar-refractivity contribution in [1.29, 1.82) is 0 Å². The van der Waals surface area contributed by atoms with Crippen molar-refractivity contribution in [2.45, 2.75) is 37.8 Å². The molecule has 0 saturated carbocycles. The summed E-state index contributed by atoms with van der Waals surface area (Å²) in [6.07, 6.45) is 3.03. The van der Waals surface area contributed by atoms with Crippen LogP contribution in [0, 0.1) is 11.6 Å². The SMILES string of the molecule is COc1c(F)ccc(C(=O)N2CCC(N3CCC(O)CC3)CC2)c1F. The summed E-state index contributed by atoms with van der Waals surface area (Å²) in [4.78, 5) is 16.6. The number of amides is 1. The van der Waals surface area contributed by atoms with Crippen LogP contribution in [0.1, 0.15) is 36.0 Å². The van der Waals surface area contributed by atoms with E-state index in [-0.39, 0.29) is 11.7 Å². The average molecular weight is 354 g/mol. The highest BCUT2D eigenvalue weighted by molar-refractivity contribution is 5.95. The number of nitrogens with zero attached hydrogens (tertiary/aromatic N) is 2. The van der Waals surface area contributed by atoms with Crippen LogP contribution in [0.15, 0.2) is 12.1 Å². The Kier molecular flexibility index (Phi) is 5.54. The van der Waals surface area contributed by atoms with Crippen molar-refractivity contribution < 1.29 is 23.4 Å². The summed E-state index contributed by atoms with van der Waals surface area (Å²) >= 11 is 0. The number of ether oxygens (including phenoxy) is 1. The number of likely N-dealkylation sites (tertiary alicyclic amines) is 2. The molecule has 0 spiro atoms. The summed E-state index contributed by atoms with van der Waals surface area (Å²) in [5.41, 5.74) is -0.155. The summed E-state index contributed by atoms with van der Waals surface area (Å²) in [5.74, 6) is -2.71. The van der Waals surface area contributed by atoms with Crippen LogP contribution in [0.3, 0.4) is 0 Å². The first-order valence-corrected chi connectivity index (χ1v) is 8.74. The lowest BCUT2D eigenvalue weighted by Crippen LogP contribution is -2.49. The van der Waals surface area contributed by atoms with E-state index in [2.05, 4.69) is 4.90 Å². The summed E-state index contributed by atoms with van der Waals surface area (Å²) in [6.45, 7) is 2.84. The average Bonchev–Trinajstić information content (AvgIpc) is 2.62. The van der Waals surface area contributed by atoms with Gasteiger partial charge in [0.1, 0.15) is 0 Å². The molecule has 2 saturated heterocycles. The van der Waals surface area contributed by atoms with Crippen molar-refractivity contribution in [3.63, 3.8) is 0 Å². The lowest BCUT2D eigenvalue weighted by atomic mass is 9.98. The molecule has 0 bridgehead atoms. The van der Waals surface area contributed by atoms with E-state index in [1.807, 2.05) is 0 Å². The Labute approximate surface area is 146 Å². The lowest BCUT2D eigenvalue weighted by molar-refractivity contribution is 0.0355. The molecule has 0 radical (unpaired) electrons. The first-order valence-electron chi connectivity index (χ1n) is 8.74. The van der Waals surface area contributed by atoms with Gasteiger partial charge in [0.05, 0.1) is 18.8 Å². The van der Waals surface area contributed by atoms with Gasteiger partial charge in [0, 0.05) is 32.2 Å². The van der Waals surface area contributed by atoms with Gasteiger partial charge in [-0.15, -0.1) is 0 Å². The van der Waals surface area contributed by atoms with Gasteiger partial charge in [-0.05, 0) is 37.8 Å². The molecule has 0 aromatic heterocycles. The van der Waals surface area contributed by atoms with E-state index in [0.717, 1.165) is 44.8 Å². The van der Waals surface area contributed by atoms with Crippen LogP contribution in [0.2, 0.25) is 0 Å². The standard InChI is InChI=1S/C18H24F2N2O3/c1-25-17-15(19)3-2-14(16(17)20)18(24)22-8-4-12(5-9-22)21-10-6-13(23)7-11-21/h2-3,12-13,23H,4-11H2,1H3. The van der Waals surface area contributed by atoms with Gasteiger partial charge in [-0.2, -0.15) is 0 Å². The number of piperidine rings is 2. The van der Waals surface area contributed by atoms with E-state index < -0.39 is 23.3 Å². The molecule has 0 atom stereocenters. The van der Waals surface area contributed by atoms with Crippen LogP contribution in [-0.2, 0) is 0 Å². The summed E-state index contributed by atoms with van der Waals surface area (Å²) in [6, 6.07) is 2.62. The zero-order valence-corrected chi connectivity index (χ0v) is 14.4. The van der Waals surface area contributed by atoms with Crippen molar-refractivity contribution in [2.24, 2.45) is 0 Å². The Morgan fingerprint density at radius 2 is 1.76 bits per heavy atom. The highest BCUT2D eigenvalue weighted by Crippen LogP contribution is 2.27. The predicted molar refractivity (Wildman–Crippen MR) is 88.6 cm³/mol.